The highest BCUT2D eigenvalue weighted by molar-refractivity contribution is 9.10. The van der Waals surface area contributed by atoms with Crippen molar-refractivity contribution in [3.63, 3.8) is 0 Å². The summed E-state index contributed by atoms with van der Waals surface area (Å²) in [6.45, 7) is 0.710. The van der Waals surface area contributed by atoms with Gasteiger partial charge in [-0.05, 0) is 70.0 Å². The molecule has 3 aromatic rings. The summed E-state index contributed by atoms with van der Waals surface area (Å²) >= 11 is 6.88. The molecular weight excluding hydrogens is 530 g/mol. The monoisotopic (exact) mass is 547 g/mol. The van der Waals surface area contributed by atoms with E-state index in [9.17, 15) is 4.79 Å². The molecule has 7 nitrogen and oxygen atoms in total. The summed E-state index contributed by atoms with van der Waals surface area (Å²) < 4.78 is 18.6. The number of rotatable bonds is 9. The number of amides is 1. The average Bonchev–Trinajstić information content (AvgIpc) is 2.79. The highest BCUT2D eigenvalue weighted by atomic mass is 79.9. The van der Waals surface area contributed by atoms with Crippen molar-refractivity contribution < 1.29 is 19.0 Å². The summed E-state index contributed by atoms with van der Waals surface area (Å²) in [5, 5.41) is 3.99. The topological polar surface area (TPSA) is 82.0 Å². The zero-order chi connectivity index (χ0) is 22.1. The quantitative estimate of drug-likeness (QED) is 0.235. The third kappa shape index (κ3) is 6.80. The molecule has 0 radical (unpaired) electrons. The Labute approximate surface area is 196 Å². The molecule has 160 valence electrons. The summed E-state index contributed by atoms with van der Waals surface area (Å²) in [4.78, 5) is 15.9. The number of nitrogens with zero attached hydrogens (tertiary/aromatic N) is 2. The smallest absolute Gasteiger partial charge is 0.271 e. The van der Waals surface area contributed by atoms with E-state index in [2.05, 4.69) is 47.4 Å². The number of ether oxygens (including phenoxy) is 3. The van der Waals surface area contributed by atoms with Crippen LogP contribution in [0.2, 0.25) is 0 Å². The molecule has 1 N–H and O–H groups in total. The van der Waals surface area contributed by atoms with Crippen molar-refractivity contribution in [2.24, 2.45) is 5.10 Å². The number of pyridine rings is 1. The molecule has 31 heavy (non-hydrogen) atoms. The summed E-state index contributed by atoms with van der Waals surface area (Å²) in [6.07, 6.45) is 4.61. The summed E-state index contributed by atoms with van der Waals surface area (Å²) in [7, 11) is 1.55. The lowest BCUT2D eigenvalue weighted by Gasteiger charge is -2.14. The van der Waals surface area contributed by atoms with Gasteiger partial charge in [0, 0.05) is 22.4 Å². The molecule has 3 rings (SSSR count). The van der Waals surface area contributed by atoms with Gasteiger partial charge < -0.3 is 14.2 Å². The second-order valence-electron chi connectivity index (χ2n) is 6.12. The Bertz CT molecular complexity index is 1040. The van der Waals surface area contributed by atoms with Gasteiger partial charge in [-0.3, -0.25) is 9.78 Å². The molecule has 1 amide bonds. The summed E-state index contributed by atoms with van der Waals surface area (Å²) in [6, 6.07) is 14.4. The van der Waals surface area contributed by atoms with E-state index in [4.69, 9.17) is 14.2 Å². The first kappa shape index (κ1) is 22.8. The van der Waals surface area contributed by atoms with E-state index >= 15 is 0 Å². The van der Waals surface area contributed by atoms with Gasteiger partial charge >= 0.3 is 0 Å². The molecule has 0 bridgehead atoms. The molecule has 0 aliphatic carbocycles. The van der Waals surface area contributed by atoms with Crippen LogP contribution in [0.15, 0.2) is 75.0 Å². The molecule has 0 saturated heterocycles. The minimum atomic E-state index is -0.324. The minimum absolute atomic E-state index is 0.324. The largest absolute Gasteiger partial charge is 0.493 e. The van der Waals surface area contributed by atoms with Crippen LogP contribution in [0.1, 0.15) is 15.9 Å². The lowest BCUT2D eigenvalue weighted by atomic mass is 10.2. The van der Waals surface area contributed by atoms with Gasteiger partial charge in [0.05, 0.1) is 17.8 Å². The van der Waals surface area contributed by atoms with Crippen molar-refractivity contribution in [1.82, 2.24) is 10.4 Å². The molecule has 1 aromatic heterocycles. The van der Waals surface area contributed by atoms with E-state index in [-0.39, 0.29) is 5.91 Å². The fraction of sp³-hybridized carbons (Fsp3) is 0.136. The number of benzene rings is 2. The highest BCUT2D eigenvalue weighted by Crippen LogP contribution is 2.36. The first-order chi connectivity index (χ1) is 15.1. The second-order valence-corrected chi connectivity index (χ2v) is 7.89. The van der Waals surface area contributed by atoms with Crippen LogP contribution in [0, 0.1) is 0 Å². The Morgan fingerprint density at radius 2 is 1.77 bits per heavy atom. The Balaban J connectivity index is 1.57. The number of hydrogen-bond donors (Lipinski definition) is 1. The Morgan fingerprint density at radius 3 is 2.48 bits per heavy atom. The molecule has 0 aliphatic heterocycles. The van der Waals surface area contributed by atoms with E-state index < -0.39 is 0 Å². The zero-order valence-electron chi connectivity index (χ0n) is 16.5. The van der Waals surface area contributed by atoms with Crippen LogP contribution < -0.4 is 19.6 Å². The van der Waals surface area contributed by atoms with Gasteiger partial charge in [0.2, 0.25) is 0 Å². The molecular formula is C22H19Br2N3O4. The lowest BCUT2D eigenvalue weighted by molar-refractivity contribution is 0.0955. The zero-order valence-corrected chi connectivity index (χ0v) is 19.7. The van der Waals surface area contributed by atoms with Gasteiger partial charge in [-0.25, -0.2) is 5.43 Å². The maximum Gasteiger partial charge on any atom is 0.271 e. The number of hydrogen-bond acceptors (Lipinski definition) is 6. The predicted molar refractivity (Wildman–Crippen MR) is 125 cm³/mol. The molecule has 1 heterocycles. The Hall–Kier alpha value is -2.91. The number of aromatic nitrogens is 1. The van der Waals surface area contributed by atoms with Crippen LogP contribution in [0.3, 0.4) is 0 Å². The van der Waals surface area contributed by atoms with Gasteiger partial charge in [0.15, 0.2) is 11.5 Å². The van der Waals surface area contributed by atoms with E-state index in [0.717, 1.165) is 15.8 Å². The Morgan fingerprint density at radius 1 is 1.06 bits per heavy atom. The predicted octanol–water partition coefficient (Wildman–Crippen LogP) is 4.84. The number of carbonyl (C=O) groups excluding carboxylic acids is 1. The first-order valence-corrected chi connectivity index (χ1v) is 10.8. The maximum atomic E-state index is 12.0. The normalized spacial score (nSPS) is 10.7. The lowest BCUT2D eigenvalue weighted by Crippen LogP contribution is -2.17. The van der Waals surface area contributed by atoms with Crippen molar-refractivity contribution in [2.45, 2.75) is 0 Å². The van der Waals surface area contributed by atoms with E-state index in [1.54, 1.807) is 37.7 Å². The molecule has 0 aliphatic rings. The molecule has 2 aromatic carbocycles. The van der Waals surface area contributed by atoms with Crippen molar-refractivity contribution in [2.75, 3.05) is 20.3 Å². The standard InChI is InChI=1S/C22H19Br2N3O4/c1-29-20-13-15(14-26-27-22(28)16-6-8-25-9-7-16)12-19(24)21(20)31-11-10-30-18-4-2-17(23)3-5-18/h2-9,12-14H,10-11H2,1H3,(H,27,28)/b26-14+. The van der Waals surface area contributed by atoms with Crippen LogP contribution >= 0.6 is 31.9 Å². The molecule has 0 fully saturated rings. The van der Waals surface area contributed by atoms with Crippen LogP contribution in [-0.2, 0) is 0 Å². The first-order valence-electron chi connectivity index (χ1n) is 9.19. The van der Waals surface area contributed by atoms with Gasteiger partial charge in [0.1, 0.15) is 19.0 Å². The van der Waals surface area contributed by atoms with Crippen molar-refractivity contribution >= 4 is 44.0 Å². The van der Waals surface area contributed by atoms with Crippen LogP contribution in [0.25, 0.3) is 0 Å². The van der Waals surface area contributed by atoms with Crippen LogP contribution in [-0.4, -0.2) is 37.4 Å². The second kappa shape index (κ2) is 11.5. The molecule has 9 heteroatoms. The third-order valence-electron chi connectivity index (χ3n) is 3.99. The molecule has 0 saturated carbocycles. The third-order valence-corrected chi connectivity index (χ3v) is 5.10. The van der Waals surface area contributed by atoms with Crippen molar-refractivity contribution in [1.29, 1.82) is 0 Å². The van der Waals surface area contributed by atoms with Gasteiger partial charge in [-0.2, -0.15) is 5.10 Å². The number of carbonyl (C=O) groups is 1. The SMILES string of the molecule is COc1cc(/C=N/NC(=O)c2ccncc2)cc(Br)c1OCCOc1ccc(Br)cc1. The van der Waals surface area contributed by atoms with Crippen LogP contribution in [0.5, 0.6) is 17.2 Å². The van der Waals surface area contributed by atoms with Gasteiger partial charge in [-0.1, -0.05) is 15.9 Å². The number of methoxy groups -OCH3 is 1. The van der Waals surface area contributed by atoms with Gasteiger partial charge in [0.25, 0.3) is 5.91 Å². The van der Waals surface area contributed by atoms with Gasteiger partial charge in [-0.15, -0.1) is 0 Å². The van der Waals surface area contributed by atoms with Crippen LogP contribution in [0.4, 0.5) is 0 Å². The number of halogens is 2. The maximum absolute atomic E-state index is 12.0. The number of nitrogens with one attached hydrogen (secondary N) is 1. The Kier molecular flexibility index (Phi) is 8.43. The highest BCUT2D eigenvalue weighted by Gasteiger charge is 2.11. The van der Waals surface area contributed by atoms with E-state index in [0.29, 0.717) is 34.7 Å². The molecule has 0 unspecified atom stereocenters. The molecule has 0 spiro atoms. The fourth-order valence-corrected chi connectivity index (χ4v) is 3.36. The number of hydrazone groups is 1. The van der Waals surface area contributed by atoms with E-state index in [1.165, 1.54) is 6.21 Å². The minimum Gasteiger partial charge on any atom is -0.493 e. The van der Waals surface area contributed by atoms with Crippen molar-refractivity contribution in [3.05, 3.63) is 81.0 Å². The van der Waals surface area contributed by atoms with E-state index in [1.807, 2.05) is 30.3 Å². The summed E-state index contributed by atoms with van der Waals surface area (Å²) in [5.74, 6) is 1.52. The van der Waals surface area contributed by atoms with Crippen molar-refractivity contribution in [3.8, 4) is 17.2 Å². The fourth-order valence-electron chi connectivity index (χ4n) is 2.52. The average molecular weight is 549 g/mol. The summed E-state index contributed by atoms with van der Waals surface area (Å²) in [5.41, 5.74) is 3.67. The molecule has 0 atom stereocenters.